The Kier molecular flexibility index (Phi) is 5.29. The molecule has 0 radical (unpaired) electrons. The highest BCUT2D eigenvalue weighted by molar-refractivity contribution is 6.62. The number of nitrogens with one attached hydrogen (secondary N) is 1. The number of anilines is 1. The zero-order valence-corrected chi connectivity index (χ0v) is 16.6. The molecular weight excluding hydrogens is 370 g/mol. The second kappa shape index (κ2) is 7.25. The first kappa shape index (κ1) is 20.4. The summed E-state index contributed by atoms with van der Waals surface area (Å²) < 4.78 is 36.2. The minimum atomic E-state index is -0.832. The predicted molar refractivity (Wildman–Crippen MR) is 100 cm³/mol. The molecule has 1 aromatic rings. The second-order valence-corrected chi connectivity index (χ2v) is 7.78. The molecule has 1 atom stereocenters. The summed E-state index contributed by atoms with van der Waals surface area (Å²) in [6.07, 6.45) is -1.79. The van der Waals surface area contributed by atoms with Crippen LogP contribution in [0.3, 0.4) is 0 Å². The molecule has 0 aromatic heterocycles. The van der Waals surface area contributed by atoms with Crippen LogP contribution in [-0.4, -0.2) is 56.8 Å². The van der Waals surface area contributed by atoms with E-state index in [4.69, 9.17) is 14.0 Å². The molecule has 28 heavy (non-hydrogen) atoms. The van der Waals surface area contributed by atoms with Crippen molar-refractivity contribution in [3.63, 3.8) is 0 Å². The summed E-state index contributed by atoms with van der Waals surface area (Å²) in [5.74, 6) is -0.542. The van der Waals surface area contributed by atoms with Crippen LogP contribution < -0.4 is 15.7 Å². The van der Waals surface area contributed by atoms with E-state index in [1.165, 1.54) is 18.1 Å². The van der Waals surface area contributed by atoms with Crippen molar-refractivity contribution >= 4 is 30.5 Å². The fourth-order valence-electron chi connectivity index (χ4n) is 2.95. The summed E-state index contributed by atoms with van der Waals surface area (Å²) in [5.41, 5.74) is -0.551. The Balaban J connectivity index is 1.71. The molecule has 10 heteroatoms. The van der Waals surface area contributed by atoms with E-state index >= 15 is 0 Å². The van der Waals surface area contributed by atoms with Crippen LogP contribution in [0.15, 0.2) is 18.2 Å². The smallest absolute Gasteiger partial charge is 0.453 e. The first-order valence-corrected chi connectivity index (χ1v) is 8.99. The third-order valence-electron chi connectivity index (χ3n) is 5.34. The van der Waals surface area contributed by atoms with Crippen LogP contribution in [0.5, 0.6) is 0 Å². The number of rotatable bonds is 4. The van der Waals surface area contributed by atoms with Crippen molar-refractivity contribution < 1.29 is 32.8 Å². The fourth-order valence-corrected chi connectivity index (χ4v) is 2.95. The molecule has 0 saturated carbocycles. The lowest BCUT2D eigenvalue weighted by atomic mass is 9.78. The van der Waals surface area contributed by atoms with Crippen molar-refractivity contribution in [3.05, 3.63) is 24.0 Å². The van der Waals surface area contributed by atoms with Crippen LogP contribution in [0.4, 0.5) is 19.7 Å². The van der Waals surface area contributed by atoms with Gasteiger partial charge in [-0.05, 0) is 39.8 Å². The number of nitrogens with zero attached hydrogens (tertiary/aromatic N) is 1. The van der Waals surface area contributed by atoms with Gasteiger partial charge in [0, 0.05) is 5.46 Å². The van der Waals surface area contributed by atoms with Gasteiger partial charge in [-0.15, -0.1) is 0 Å². The van der Waals surface area contributed by atoms with Gasteiger partial charge in [0.25, 0.3) is 0 Å². The number of carbonyl (C=O) groups excluding carboxylic acids is 2. The number of benzene rings is 1. The van der Waals surface area contributed by atoms with Gasteiger partial charge in [0.05, 0.1) is 37.1 Å². The zero-order chi connectivity index (χ0) is 20.7. The van der Waals surface area contributed by atoms with Crippen LogP contribution in [-0.2, 0) is 18.8 Å². The number of methoxy groups -OCH3 is 1. The number of cyclic esters (lactones) is 1. The summed E-state index contributed by atoms with van der Waals surface area (Å²) in [6, 6.07) is 4.40. The van der Waals surface area contributed by atoms with E-state index in [9.17, 15) is 14.0 Å². The largest absolute Gasteiger partial charge is 0.497 e. The topological polar surface area (TPSA) is 86.3 Å². The van der Waals surface area contributed by atoms with Gasteiger partial charge in [-0.25, -0.2) is 14.0 Å². The van der Waals surface area contributed by atoms with Gasteiger partial charge in [0.1, 0.15) is 11.9 Å². The van der Waals surface area contributed by atoms with E-state index in [1.807, 2.05) is 27.7 Å². The third-order valence-corrected chi connectivity index (χ3v) is 5.34. The molecule has 0 spiro atoms. The Morgan fingerprint density at radius 3 is 2.54 bits per heavy atom. The highest BCUT2D eigenvalue weighted by Gasteiger charge is 2.52. The molecular formula is C18H24BFN2O6. The standard InChI is InChI=1S/C18H24BFN2O6/c1-17(2)18(3,4)28-19(27-17)13-7-6-11(8-14(13)20)22-10-12(26-16(22)24)9-21-15(23)25-5/h6-8,12H,9-10H2,1-5H3,(H,21,23)/t12-/m0/s1. The maximum atomic E-state index is 14.8. The number of hydrogen-bond acceptors (Lipinski definition) is 6. The normalized spacial score (nSPS) is 22.9. The lowest BCUT2D eigenvalue weighted by molar-refractivity contribution is 0.00578. The molecule has 2 amide bonds. The Labute approximate surface area is 163 Å². The number of alkyl carbamates (subject to hydrolysis) is 1. The molecule has 0 bridgehead atoms. The third kappa shape index (κ3) is 3.79. The molecule has 2 aliphatic heterocycles. The monoisotopic (exact) mass is 394 g/mol. The zero-order valence-electron chi connectivity index (χ0n) is 16.6. The molecule has 152 valence electrons. The van der Waals surface area contributed by atoms with E-state index in [1.54, 1.807) is 12.1 Å². The maximum absolute atomic E-state index is 14.8. The number of carbonyl (C=O) groups is 2. The lowest BCUT2D eigenvalue weighted by Gasteiger charge is -2.32. The van der Waals surface area contributed by atoms with Crippen molar-refractivity contribution in [1.29, 1.82) is 0 Å². The lowest BCUT2D eigenvalue weighted by Crippen LogP contribution is -2.41. The Morgan fingerprint density at radius 2 is 1.96 bits per heavy atom. The van der Waals surface area contributed by atoms with Crippen LogP contribution in [0.2, 0.25) is 0 Å². The maximum Gasteiger partial charge on any atom is 0.497 e. The summed E-state index contributed by atoms with van der Waals surface area (Å²) in [4.78, 5) is 24.6. The summed E-state index contributed by atoms with van der Waals surface area (Å²) in [5, 5.41) is 2.47. The minimum Gasteiger partial charge on any atom is -0.453 e. The van der Waals surface area contributed by atoms with E-state index < -0.39 is 42.4 Å². The highest BCUT2D eigenvalue weighted by Crippen LogP contribution is 2.36. The van der Waals surface area contributed by atoms with Gasteiger partial charge in [-0.2, -0.15) is 0 Å². The van der Waals surface area contributed by atoms with E-state index in [0.29, 0.717) is 5.69 Å². The second-order valence-electron chi connectivity index (χ2n) is 7.78. The van der Waals surface area contributed by atoms with Gasteiger partial charge >= 0.3 is 19.3 Å². The molecule has 2 aliphatic rings. The van der Waals surface area contributed by atoms with Gasteiger partial charge in [0.2, 0.25) is 0 Å². The quantitative estimate of drug-likeness (QED) is 0.784. The average Bonchev–Trinajstić information content (AvgIpc) is 3.08. The van der Waals surface area contributed by atoms with E-state index in [0.717, 1.165) is 0 Å². The van der Waals surface area contributed by atoms with Crippen LogP contribution in [0, 0.1) is 5.82 Å². The highest BCUT2D eigenvalue weighted by atomic mass is 19.1. The van der Waals surface area contributed by atoms with E-state index in [2.05, 4.69) is 10.1 Å². The van der Waals surface area contributed by atoms with Crippen LogP contribution in [0.25, 0.3) is 0 Å². The number of hydrogen-bond donors (Lipinski definition) is 1. The Morgan fingerprint density at radius 1 is 1.32 bits per heavy atom. The molecule has 0 aliphatic carbocycles. The van der Waals surface area contributed by atoms with Crippen molar-refractivity contribution in [2.75, 3.05) is 25.1 Å². The van der Waals surface area contributed by atoms with Gasteiger partial charge < -0.3 is 24.1 Å². The van der Waals surface area contributed by atoms with Crippen molar-refractivity contribution in [1.82, 2.24) is 5.32 Å². The number of halogens is 1. The number of amides is 2. The minimum absolute atomic E-state index is 0.101. The molecule has 1 aromatic carbocycles. The fraction of sp³-hybridized carbons (Fsp3) is 0.556. The summed E-state index contributed by atoms with van der Waals surface area (Å²) in [6.45, 7) is 7.84. The Hall–Kier alpha value is -2.33. The summed E-state index contributed by atoms with van der Waals surface area (Å²) in [7, 11) is 0.411. The SMILES string of the molecule is COC(=O)NC[C@H]1CN(c2ccc(B3OC(C)(C)C(C)(C)O3)c(F)c2)C(=O)O1. The molecule has 1 N–H and O–H groups in total. The molecule has 0 unspecified atom stereocenters. The molecule has 2 fully saturated rings. The molecule has 8 nitrogen and oxygen atoms in total. The van der Waals surface area contributed by atoms with Crippen molar-refractivity contribution in [2.45, 2.75) is 45.0 Å². The van der Waals surface area contributed by atoms with Crippen LogP contribution >= 0.6 is 0 Å². The van der Waals surface area contributed by atoms with Gasteiger partial charge in [0.15, 0.2) is 0 Å². The first-order chi connectivity index (χ1) is 13.0. The molecule has 2 heterocycles. The summed E-state index contributed by atoms with van der Waals surface area (Å²) >= 11 is 0. The van der Waals surface area contributed by atoms with Crippen LogP contribution in [0.1, 0.15) is 27.7 Å². The van der Waals surface area contributed by atoms with Crippen molar-refractivity contribution in [2.24, 2.45) is 0 Å². The van der Waals surface area contributed by atoms with Gasteiger partial charge in [-0.1, -0.05) is 6.07 Å². The molecule has 3 rings (SSSR count). The number of ether oxygens (including phenoxy) is 2. The van der Waals surface area contributed by atoms with E-state index in [-0.39, 0.29) is 18.6 Å². The Bertz CT molecular complexity index is 771. The first-order valence-electron chi connectivity index (χ1n) is 8.99. The van der Waals surface area contributed by atoms with Crippen molar-refractivity contribution in [3.8, 4) is 0 Å². The predicted octanol–water partition coefficient (Wildman–Crippen LogP) is 1.81. The van der Waals surface area contributed by atoms with Gasteiger partial charge in [-0.3, -0.25) is 4.90 Å². The molecule has 2 saturated heterocycles. The average molecular weight is 394 g/mol.